The molecular weight excluding hydrogens is 380 g/mol. The van der Waals surface area contributed by atoms with Crippen LogP contribution in [0.25, 0.3) is 0 Å². The summed E-state index contributed by atoms with van der Waals surface area (Å²) < 4.78 is 28.4. The molecule has 0 spiro atoms. The molecule has 2 aromatic carbocycles. The van der Waals surface area contributed by atoms with Gasteiger partial charge < -0.3 is 15.0 Å². The maximum absolute atomic E-state index is 12.6. The van der Waals surface area contributed by atoms with Crippen LogP contribution in [0.1, 0.15) is 12.0 Å². The third-order valence-corrected chi connectivity index (χ3v) is 5.80. The Hall–Kier alpha value is -2.87. The number of sulfone groups is 1. The molecule has 0 bridgehead atoms. The van der Waals surface area contributed by atoms with Gasteiger partial charge in [-0.05, 0) is 48.9 Å². The fourth-order valence-electron chi connectivity index (χ4n) is 3.16. The van der Waals surface area contributed by atoms with Crippen molar-refractivity contribution in [3.63, 3.8) is 0 Å². The van der Waals surface area contributed by atoms with Gasteiger partial charge in [-0.2, -0.15) is 0 Å². The van der Waals surface area contributed by atoms with Crippen LogP contribution in [0, 0.1) is 12.8 Å². The Kier molecular flexibility index (Phi) is 5.42. The molecule has 3 rings (SSSR count). The Morgan fingerprint density at radius 1 is 1.18 bits per heavy atom. The molecular formula is C20H22N2O5S. The van der Waals surface area contributed by atoms with Gasteiger partial charge in [-0.25, -0.2) is 8.42 Å². The molecule has 2 aromatic rings. The Bertz CT molecular complexity index is 1020. The molecule has 7 nitrogen and oxygen atoms in total. The number of anilines is 2. The minimum Gasteiger partial charge on any atom is -0.495 e. The number of methoxy groups -OCH3 is 1. The lowest BCUT2D eigenvalue weighted by Crippen LogP contribution is -2.28. The Morgan fingerprint density at radius 3 is 2.46 bits per heavy atom. The number of hydrogen-bond donors (Lipinski definition) is 1. The van der Waals surface area contributed by atoms with E-state index >= 15 is 0 Å². The van der Waals surface area contributed by atoms with E-state index in [1.807, 2.05) is 19.1 Å². The summed E-state index contributed by atoms with van der Waals surface area (Å²) in [7, 11) is -1.75. The third-order valence-electron chi connectivity index (χ3n) is 4.67. The number of aryl methyl sites for hydroxylation is 1. The molecule has 28 heavy (non-hydrogen) atoms. The Labute approximate surface area is 164 Å². The number of carbonyl (C=O) groups excluding carboxylic acids is 2. The average Bonchev–Trinajstić information content (AvgIpc) is 3.03. The van der Waals surface area contributed by atoms with Gasteiger partial charge >= 0.3 is 0 Å². The second-order valence-electron chi connectivity index (χ2n) is 6.87. The molecule has 0 aromatic heterocycles. The van der Waals surface area contributed by atoms with Crippen LogP contribution in [0.5, 0.6) is 5.75 Å². The van der Waals surface area contributed by atoms with Gasteiger partial charge in [-0.1, -0.05) is 6.07 Å². The standard InChI is InChI=1S/C20H22N2O5S/c1-13-4-9-18(27-2)17(10-13)22-12-14(11-19(22)23)20(24)21-15-5-7-16(8-6-15)28(3,25)26/h4-10,14H,11-12H2,1-3H3,(H,21,24)/t14-/m0/s1. The maximum Gasteiger partial charge on any atom is 0.229 e. The van der Waals surface area contributed by atoms with E-state index in [0.29, 0.717) is 17.1 Å². The highest BCUT2D eigenvalue weighted by Gasteiger charge is 2.36. The average molecular weight is 402 g/mol. The first-order valence-electron chi connectivity index (χ1n) is 8.75. The highest BCUT2D eigenvalue weighted by atomic mass is 32.2. The van der Waals surface area contributed by atoms with Crippen LogP contribution >= 0.6 is 0 Å². The lowest BCUT2D eigenvalue weighted by Gasteiger charge is -2.20. The van der Waals surface area contributed by atoms with E-state index in [2.05, 4.69) is 5.32 Å². The quantitative estimate of drug-likeness (QED) is 0.829. The number of benzene rings is 2. The molecule has 0 radical (unpaired) electrons. The van der Waals surface area contributed by atoms with E-state index in [1.54, 1.807) is 18.1 Å². The monoisotopic (exact) mass is 402 g/mol. The minimum atomic E-state index is -3.29. The van der Waals surface area contributed by atoms with E-state index < -0.39 is 15.8 Å². The van der Waals surface area contributed by atoms with Gasteiger partial charge in [0.1, 0.15) is 5.75 Å². The highest BCUT2D eigenvalue weighted by molar-refractivity contribution is 7.90. The smallest absolute Gasteiger partial charge is 0.229 e. The molecule has 148 valence electrons. The lowest BCUT2D eigenvalue weighted by atomic mass is 10.1. The summed E-state index contributed by atoms with van der Waals surface area (Å²) in [4.78, 5) is 26.9. The number of nitrogens with one attached hydrogen (secondary N) is 1. The van der Waals surface area contributed by atoms with Crippen molar-refractivity contribution in [2.75, 3.05) is 30.1 Å². The van der Waals surface area contributed by atoms with Crippen LogP contribution in [0.3, 0.4) is 0 Å². The van der Waals surface area contributed by atoms with E-state index in [4.69, 9.17) is 4.74 Å². The molecule has 0 unspecified atom stereocenters. The van der Waals surface area contributed by atoms with Crippen molar-refractivity contribution in [1.82, 2.24) is 0 Å². The van der Waals surface area contributed by atoms with Gasteiger partial charge in [0.15, 0.2) is 9.84 Å². The third kappa shape index (κ3) is 4.17. The van der Waals surface area contributed by atoms with Crippen LogP contribution in [-0.4, -0.2) is 40.1 Å². The number of hydrogen-bond acceptors (Lipinski definition) is 5. The van der Waals surface area contributed by atoms with Crippen LogP contribution in [0.15, 0.2) is 47.4 Å². The second kappa shape index (κ2) is 7.63. The van der Waals surface area contributed by atoms with Gasteiger partial charge in [-0.3, -0.25) is 9.59 Å². The van der Waals surface area contributed by atoms with Crippen molar-refractivity contribution >= 4 is 33.0 Å². The minimum absolute atomic E-state index is 0.102. The van der Waals surface area contributed by atoms with E-state index in [1.165, 1.54) is 24.3 Å². The van der Waals surface area contributed by atoms with Gasteiger partial charge in [0.05, 0.1) is 23.6 Å². The van der Waals surface area contributed by atoms with Crippen LogP contribution in [0.2, 0.25) is 0 Å². The van der Waals surface area contributed by atoms with Crippen molar-refractivity contribution in [3.05, 3.63) is 48.0 Å². The Morgan fingerprint density at radius 2 is 1.86 bits per heavy atom. The molecule has 1 N–H and O–H groups in total. The molecule has 2 amide bonds. The predicted octanol–water partition coefficient (Wildman–Crippen LogP) is 2.40. The van der Waals surface area contributed by atoms with Gasteiger partial charge in [-0.15, -0.1) is 0 Å². The van der Waals surface area contributed by atoms with E-state index in [9.17, 15) is 18.0 Å². The zero-order valence-electron chi connectivity index (χ0n) is 15.9. The molecule has 1 atom stereocenters. The van der Waals surface area contributed by atoms with Gasteiger partial charge in [0.2, 0.25) is 11.8 Å². The number of carbonyl (C=O) groups is 2. The zero-order chi connectivity index (χ0) is 20.5. The van der Waals surface area contributed by atoms with Gasteiger partial charge in [0, 0.05) is 24.9 Å². The number of nitrogens with zero attached hydrogens (tertiary/aromatic N) is 1. The molecule has 1 saturated heterocycles. The first-order chi connectivity index (χ1) is 13.2. The zero-order valence-corrected chi connectivity index (χ0v) is 16.7. The molecule has 0 saturated carbocycles. The second-order valence-corrected chi connectivity index (χ2v) is 8.88. The summed E-state index contributed by atoms with van der Waals surface area (Å²) >= 11 is 0. The summed E-state index contributed by atoms with van der Waals surface area (Å²) in [6.07, 6.45) is 1.23. The van der Waals surface area contributed by atoms with Crippen molar-refractivity contribution in [3.8, 4) is 5.75 Å². The van der Waals surface area contributed by atoms with Crippen LogP contribution in [0.4, 0.5) is 11.4 Å². The summed E-state index contributed by atoms with van der Waals surface area (Å²) in [6.45, 7) is 2.18. The summed E-state index contributed by atoms with van der Waals surface area (Å²) in [5.74, 6) is -0.352. The highest BCUT2D eigenvalue weighted by Crippen LogP contribution is 2.34. The Balaban J connectivity index is 1.73. The maximum atomic E-state index is 12.6. The first kappa shape index (κ1) is 19.9. The summed E-state index contributed by atoms with van der Waals surface area (Å²) in [6, 6.07) is 11.5. The summed E-state index contributed by atoms with van der Waals surface area (Å²) in [5.41, 5.74) is 2.12. The van der Waals surface area contributed by atoms with E-state index in [-0.39, 0.29) is 29.7 Å². The molecule has 8 heteroatoms. The molecule has 0 aliphatic carbocycles. The van der Waals surface area contributed by atoms with Crippen molar-refractivity contribution in [2.24, 2.45) is 5.92 Å². The fourth-order valence-corrected chi connectivity index (χ4v) is 3.79. The van der Waals surface area contributed by atoms with Crippen molar-refractivity contribution in [1.29, 1.82) is 0 Å². The first-order valence-corrected chi connectivity index (χ1v) is 10.6. The number of rotatable bonds is 5. The number of ether oxygens (including phenoxy) is 1. The molecule has 1 fully saturated rings. The summed E-state index contributed by atoms with van der Waals surface area (Å²) in [5, 5.41) is 2.75. The molecule has 1 aliphatic heterocycles. The van der Waals surface area contributed by atoms with Crippen LogP contribution in [-0.2, 0) is 19.4 Å². The topological polar surface area (TPSA) is 92.8 Å². The fraction of sp³-hybridized carbons (Fsp3) is 0.300. The van der Waals surface area contributed by atoms with Crippen LogP contribution < -0.4 is 15.0 Å². The van der Waals surface area contributed by atoms with Crippen molar-refractivity contribution in [2.45, 2.75) is 18.2 Å². The molecule has 1 heterocycles. The largest absolute Gasteiger partial charge is 0.495 e. The van der Waals surface area contributed by atoms with Crippen molar-refractivity contribution < 1.29 is 22.7 Å². The van der Waals surface area contributed by atoms with E-state index in [0.717, 1.165) is 11.8 Å². The molecule has 1 aliphatic rings. The SMILES string of the molecule is COc1ccc(C)cc1N1C[C@@H](C(=O)Nc2ccc(S(C)(=O)=O)cc2)CC1=O. The van der Waals surface area contributed by atoms with Gasteiger partial charge in [0.25, 0.3) is 0 Å². The predicted molar refractivity (Wildman–Crippen MR) is 106 cm³/mol. The lowest BCUT2D eigenvalue weighted by molar-refractivity contribution is -0.122. The number of amides is 2. The normalized spacial score (nSPS) is 16.9.